The first kappa shape index (κ1) is 49.8. The fraction of sp³-hybridized carbons (Fsp3) is 0.444. The Morgan fingerprint density at radius 1 is 0.672 bits per heavy atom. The fourth-order valence-electron chi connectivity index (χ4n) is 7.60. The lowest BCUT2D eigenvalue weighted by Crippen LogP contribution is -2.43. The van der Waals surface area contributed by atoms with Crippen molar-refractivity contribution in [2.75, 3.05) is 59.5 Å². The molecule has 0 saturated carbocycles. The van der Waals surface area contributed by atoms with Crippen LogP contribution in [0.3, 0.4) is 0 Å². The highest BCUT2D eigenvalue weighted by atomic mass is 16.6. The van der Waals surface area contributed by atoms with Crippen molar-refractivity contribution in [2.45, 2.75) is 91.0 Å². The van der Waals surface area contributed by atoms with Crippen LogP contribution in [0.1, 0.15) is 87.6 Å². The first-order valence-corrected chi connectivity index (χ1v) is 23.0. The Labute approximate surface area is 380 Å². The van der Waals surface area contributed by atoms with Crippen LogP contribution in [-0.4, -0.2) is 88.0 Å². The van der Waals surface area contributed by atoms with Crippen molar-refractivity contribution in [3.63, 3.8) is 0 Å². The molecule has 0 aliphatic rings. The lowest BCUT2D eigenvalue weighted by atomic mass is 9.85. The summed E-state index contributed by atoms with van der Waals surface area (Å²) in [4.78, 5) is 44.4. The number of benzene rings is 4. The Hall–Kier alpha value is -5.26. The van der Waals surface area contributed by atoms with E-state index in [4.69, 9.17) is 23.7 Å². The van der Waals surface area contributed by atoms with Crippen molar-refractivity contribution in [1.82, 2.24) is 10.3 Å². The van der Waals surface area contributed by atoms with Crippen LogP contribution in [0, 0.1) is 12.8 Å². The number of Topliss-reactive ketones (excluding diaryl/α,β-unsaturated/α-hetero) is 2. The third-order valence-corrected chi connectivity index (χ3v) is 11.1. The second-order valence-corrected chi connectivity index (χ2v) is 16.9. The average Bonchev–Trinajstić information content (AvgIpc) is 3.29. The zero-order valence-electron chi connectivity index (χ0n) is 38.4. The van der Waals surface area contributed by atoms with Crippen molar-refractivity contribution in [3.05, 3.63) is 132 Å². The molecule has 0 unspecified atom stereocenters. The first-order valence-electron chi connectivity index (χ1n) is 23.0. The topological polar surface area (TPSA) is 122 Å². The van der Waals surface area contributed by atoms with E-state index < -0.39 is 6.04 Å². The maximum absolute atomic E-state index is 14.1. The van der Waals surface area contributed by atoms with Gasteiger partial charge in [-0.25, -0.2) is 0 Å². The van der Waals surface area contributed by atoms with E-state index in [9.17, 15) is 14.4 Å². The minimum absolute atomic E-state index is 0.00385. The van der Waals surface area contributed by atoms with Gasteiger partial charge in [-0.1, -0.05) is 98.8 Å². The molecule has 1 N–H and O–H groups in total. The molecular formula is C54H68N2O8. The van der Waals surface area contributed by atoms with Crippen LogP contribution in [-0.2, 0) is 46.2 Å². The van der Waals surface area contributed by atoms with Gasteiger partial charge in [0.05, 0.1) is 52.3 Å². The lowest BCUT2D eigenvalue weighted by molar-refractivity contribution is -0.128. The van der Waals surface area contributed by atoms with Gasteiger partial charge in [0.1, 0.15) is 18.1 Å². The van der Waals surface area contributed by atoms with E-state index in [1.165, 1.54) is 0 Å². The van der Waals surface area contributed by atoms with Crippen molar-refractivity contribution < 1.29 is 38.1 Å². The van der Waals surface area contributed by atoms with E-state index in [0.29, 0.717) is 78.0 Å². The summed E-state index contributed by atoms with van der Waals surface area (Å²) in [5.41, 5.74) is 6.10. The predicted molar refractivity (Wildman–Crippen MR) is 254 cm³/mol. The van der Waals surface area contributed by atoms with Gasteiger partial charge in [0, 0.05) is 43.1 Å². The molecule has 0 fully saturated rings. The van der Waals surface area contributed by atoms with Gasteiger partial charge < -0.3 is 33.8 Å². The summed E-state index contributed by atoms with van der Waals surface area (Å²) < 4.78 is 28.7. The number of pyridine rings is 1. The average molecular weight is 873 g/mol. The number of hydrogen-bond acceptors (Lipinski definition) is 9. The number of amides is 1. The van der Waals surface area contributed by atoms with Crippen LogP contribution in [0.2, 0.25) is 0 Å². The SMILES string of the molecule is CC(=O)C[C@H](CC(=O)[C@H](Cc1ccccc1)NC(=O)CCCCc1cc(C)ccn1)c1ccc(-c2ccc(OCCOCCOCCOCCOCCC(C)C)c3ccccc23)cc1. The van der Waals surface area contributed by atoms with Gasteiger partial charge in [-0.3, -0.25) is 14.6 Å². The van der Waals surface area contributed by atoms with E-state index in [2.05, 4.69) is 60.5 Å². The number of ketones is 2. The smallest absolute Gasteiger partial charge is 0.220 e. The van der Waals surface area contributed by atoms with Gasteiger partial charge in [0.25, 0.3) is 0 Å². The number of fused-ring (bicyclic) bond motifs is 1. The molecule has 0 spiro atoms. The largest absolute Gasteiger partial charge is 0.491 e. The van der Waals surface area contributed by atoms with Crippen LogP contribution in [0.5, 0.6) is 5.75 Å². The van der Waals surface area contributed by atoms with Crippen molar-refractivity contribution in [3.8, 4) is 16.9 Å². The van der Waals surface area contributed by atoms with Crippen LogP contribution >= 0.6 is 0 Å². The highest BCUT2D eigenvalue weighted by Crippen LogP contribution is 2.36. The van der Waals surface area contributed by atoms with Gasteiger partial charge in [-0.05, 0) is 109 Å². The standard InChI is InChI=1S/C54H68N2O8/c1-40(2)25-27-60-28-29-61-30-31-62-32-33-63-34-35-64-53-23-22-48(49-15-9-10-16-50(49)53)45-20-18-44(19-21-45)46(37-42(4)57)39-52(58)51(38-43-12-6-5-7-13-43)56-54(59)17-11-8-14-47-36-41(3)24-26-55-47/h5-7,9-10,12-13,15-16,18-24,26,36,40,46,51H,8,11,14,17,25,27-35,37-39H2,1-4H3,(H,56,59)/t46-,51+/m1/s1. The molecule has 4 aromatic carbocycles. The molecule has 0 saturated heterocycles. The maximum atomic E-state index is 14.1. The van der Waals surface area contributed by atoms with Gasteiger partial charge in [-0.15, -0.1) is 0 Å². The Kier molecular flexibility index (Phi) is 21.6. The number of carbonyl (C=O) groups is 3. The Bertz CT molecular complexity index is 2160. The number of aromatic nitrogens is 1. The summed E-state index contributed by atoms with van der Waals surface area (Å²) in [5.74, 6) is 0.851. The number of rotatable bonds is 31. The normalized spacial score (nSPS) is 12.3. The molecule has 0 radical (unpaired) electrons. The minimum Gasteiger partial charge on any atom is -0.491 e. The van der Waals surface area contributed by atoms with E-state index in [1.54, 1.807) is 6.92 Å². The summed E-state index contributed by atoms with van der Waals surface area (Å²) in [6.45, 7) is 12.7. The van der Waals surface area contributed by atoms with Crippen LogP contribution < -0.4 is 10.1 Å². The summed E-state index contributed by atoms with van der Waals surface area (Å²) in [6.07, 6.45) is 6.24. The molecule has 2 atom stereocenters. The molecule has 5 rings (SSSR count). The molecule has 0 bridgehead atoms. The predicted octanol–water partition coefficient (Wildman–Crippen LogP) is 9.86. The highest BCUT2D eigenvalue weighted by Gasteiger charge is 2.26. The second-order valence-electron chi connectivity index (χ2n) is 16.9. The molecule has 5 aromatic rings. The third-order valence-electron chi connectivity index (χ3n) is 11.1. The number of carbonyl (C=O) groups excluding carboxylic acids is 3. The number of hydrogen-bond donors (Lipinski definition) is 1. The van der Waals surface area contributed by atoms with E-state index in [0.717, 1.165) is 75.9 Å². The summed E-state index contributed by atoms with van der Waals surface area (Å²) >= 11 is 0. The fourth-order valence-corrected chi connectivity index (χ4v) is 7.60. The van der Waals surface area contributed by atoms with E-state index in [1.807, 2.05) is 79.9 Å². The number of nitrogens with one attached hydrogen (secondary N) is 1. The first-order chi connectivity index (χ1) is 31.2. The number of ether oxygens (including phenoxy) is 5. The zero-order valence-corrected chi connectivity index (χ0v) is 38.4. The molecule has 0 aliphatic carbocycles. The van der Waals surface area contributed by atoms with Crippen molar-refractivity contribution in [1.29, 1.82) is 0 Å². The van der Waals surface area contributed by atoms with Gasteiger partial charge in [0.15, 0.2) is 5.78 Å². The van der Waals surface area contributed by atoms with Crippen LogP contribution in [0.4, 0.5) is 0 Å². The molecular weight excluding hydrogens is 805 g/mol. The quantitative estimate of drug-likeness (QED) is 0.0434. The maximum Gasteiger partial charge on any atom is 0.220 e. The van der Waals surface area contributed by atoms with Gasteiger partial charge in [-0.2, -0.15) is 0 Å². The van der Waals surface area contributed by atoms with Gasteiger partial charge in [0.2, 0.25) is 5.91 Å². The summed E-state index contributed by atoms with van der Waals surface area (Å²) in [6, 6.07) is 33.4. The molecule has 10 nitrogen and oxygen atoms in total. The Morgan fingerprint density at radius 3 is 1.97 bits per heavy atom. The van der Waals surface area contributed by atoms with E-state index in [-0.39, 0.29) is 36.2 Å². The second kappa shape index (κ2) is 27.8. The molecule has 64 heavy (non-hydrogen) atoms. The molecule has 1 aromatic heterocycles. The summed E-state index contributed by atoms with van der Waals surface area (Å²) in [5, 5.41) is 5.10. The van der Waals surface area contributed by atoms with Crippen molar-refractivity contribution in [2.24, 2.45) is 5.92 Å². The molecule has 10 heteroatoms. The van der Waals surface area contributed by atoms with E-state index >= 15 is 0 Å². The Morgan fingerprint density at radius 2 is 1.31 bits per heavy atom. The van der Waals surface area contributed by atoms with Crippen LogP contribution in [0.25, 0.3) is 21.9 Å². The van der Waals surface area contributed by atoms with Gasteiger partial charge >= 0.3 is 0 Å². The number of aryl methyl sites for hydroxylation is 2. The summed E-state index contributed by atoms with van der Waals surface area (Å²) in [7, 11) is 0. The third kappa shape index (κ3) is 17.7. The molecule has 0 aliphatic heterocycles. The number of nitrogens with zero attached hydrogens (tertiary/aromatic N) is 1. The highest BCUT2D eigenvalue weighted by molar-refractivity contribution is 6.00. The Balaban J connectivity index is 1.13. The van der Waals surface area contributed by atoms with Crippen molar-refractivity contribution >= 4 is 28.2 Å². The lowest BCUT2D eigenvalue weighted by Gasteiger charge is -2.22. The minimum atomic E-state index is -0.708. The number of unbranched alkanes of at least 4 members (excludes halogenated alkanes) is 1. The monoisotopic (exact) mass is 872 g/mol. The zero-order chi connectivity index (χ0) is 45.4. The molecule has 342 valence electrons. The van der Waals surface area contributed by atoms with Crippen LogP contribution in [0.15, 0.2) is 109 Å². The molecule has 1 heterocycles. The molecule has 1 amide bonds.